The maximum absolute atomic E-state index is 12.5. The highest BCUT2D eigenvalue weighted by Gasteiger charge is 2.56. The van der Waals surface area contributed by atoms with E-state index in [0.717, 1.165) is 18.5 Å². The van der Waals surface area contributed by atoms with Gasteiger partial charge in [0.25, 0.3) is 0 Å². The van der Waals surface area contributed by atoms with Crippen molar-refractivity contribution in [1.29, 1.82) is 0 Å². The standard InChI is InChI=1S/C17H15BrN2O/c18-16-13(6-3-9-19-16)20-17(21)15-12-8-7-10-4-1-2-5-11(10)14(12)15/h1-6,9,12,14-15H,7-8H2,(H,20,21). The number of benzene rings is 1. The molecule has 0 spiro atoms. The average molecular weight is 343 g/mol. The minimum absolute atomic E-state index is 0.112. The Labute approximate surface area is 131 Å². The first-order valence-electron chi connectivity index (χ1n) is 7.25. The summed E-state index contributed by atoms with van der Waals surface area (Å²) in [6.45, 7) is 0. The lowest BCUT2D eigenvalue weighted by Crippen LogP contribution is -2.15. The van der Waals surface area contributed by atoms with Gasteiger partial charge in [-0.15, -0.1) is 0 Å². The highest BCUT2D eigenvalue weighted by molar-refractivity contribution is 9.10. The molecule has 1 N–H and O–H groups in total. The van der Waals surface area contributed by atoms with Gasteiger partial charge in [-0.2, -0.15) is 0 Å². The van der Waals surface area contributed by atoms with E-state index < -0.39 is 0 Å². The van der Waals surface area contributed by atoms with Crippen molar-refractivity contribution in [3.05, 3.63) is 58.3 Å². The van der Waals surface area contributed by atoms with E-state index in [0.29, 0.717) is 16.4 Å². The fraction of sp³-hybridized carbons (Fsp3) is 0.294. The minimum atomic E-state index is 0.112. The molecule has 1 amide bonds. The molecular formula is C17H15BrN2O. The number of nitrogens with one attached hydrogen (secondary N) is 1. The van der Waals surface area contributed by atoms with Crippen LogP contribution in [0.4, 0.5) is 5.69 Å². The van der Waals surface area contributed by atoms with Gasteiger partial charge in [0.15, 0.2) is 0 Å². The van der Waals surface area contributed by atoms with Crippen molar-refractivity contribution >= 4 is 27.5 Å². The second kappa shape index (κ2) is 4.95. The van der Waals surface area contributed by atoms with Crippen molar-refractivity contribution in [2.24, 2.45) is 11.8 Å². The van der Waals surface area contributed by atoms with Gasteiger partial charge >= 0.3 is 0 Å². The number of hydrogen-bond acceptors (Lipinski definition) is 2. The molecule has 3 unspecified atom stereocenters. The van der Waals surface area contributed by atoms with Crippen molar-refractivity contribution in [2.75, 3.05) is 5.32 Å². The smallest absolute Gasteiger partial charge is 0.228 e. The molecule has 1 aromatic heterocycles. The number of fused-ring (bicyclic) bond motifs is 3. The minimum Gasteiger partial charge on any atom is -0.324 e. The summed E-state index contributed by atoms with van der Waals surface area (Å²) >= 11 is 3.37. The van der Waals surface area contributed by atoms with Crippen molar-refractivity contribution in [1.82, 2.24) is 4.98 Å². The van der Waals surface area contributed by atoms with E-state index in [9.17, 15) is 4.79 Å². The first-order chi connectivity index (χ1) is 10.3. The summed E-state index contributed by atoms with van der Waals surface area (Å²) in [5.41, 5.74) is 3.54. The fourth-order valence-electron chi connectivity index (χ4n) is 3.62. The molecule has 0 bridgehead atoms. The molecule has 1 aromatic carbocycles. The van der Waals surface area contributed by atoms with Gasteiger partial charge in [-0.1, -0.05) is 24.3 Å². The Morgan fingerprint density at radius 3 is 2.95 bits per heavy atom. The van der Waals surface area contributed by atoms with Crippen LogP contribution >= 0.6 is 15.9 Å². The second-order valence-electron chi connectivity index (χ2n) is 5.78. The van der Waals surface area contributed by atoms with E-state index in [1.165, 1.54) is 11.1 Å². The molecule has 3 nitrogen and oxygen atoms in total. The molecular weight excluding hydrogens is 328 g/mol. The molecule has 3 atom stereocenters. The predicted octanol–water partition coefficient (Wildman–Crippen LogP) is 3.76. The highest BCUT2D eigenvalue weighted by atomic mass is 79.9. The van der Waals surface area contributed by atoms with Gasteiger partial charge in [-0.25, -0.2) is 4.98 Å². The summed E-state index contributed by atoms with van der Waals surface area (Å²) in [5, 5.41) is 3.01. The molecule has 1 heterocycles. The van der Waals surface area contributed by atoms with Gasteiger partial charge in [-0.05, 0) is 63.9 Å². The maximum Gasteiger partial charge on any atom is 0.228 e. The Morgan fingerprint density at radius 1 is 1.24 bits per heavy atom. The molecule has 1 saturated carbocycles. The van der Waals surface area contributed by atoms with Crippen LogP contribution in [0.2, 0.25) is 0 Å². The average Bonchev–Trinajstić information content (AvgIpc) is 3.24. The summed E-state index contributed by atoms with van der Waals surface area (Å²) < 4.78 is 0.683. The summed E-state index contributed by atoms with van der Waals surface area (Å²) in [6.07, 6.45) is 3.92. The predicted molar refractivity (Wildman–Crippen MR) is 85.1 cm³/mol. The topological polar surface area (TPSA) is 42.0 Å². The number of carbonyl (C=O) groups excluding carboxylic acids is 1. The lowest BCUT2D eigenvalue weighted by atomic mass is 9.92. The number of hydrogen-bond donors (Lipinski definition) is 1. The van der Waals surface area contributed by atoms with Crippen LogP contribution in [0.25, 0.3) is 0 Å². The van der Waals surface area contributed by atoms with E-state index in [4.69, 9.17) is 0 Å². The number of halogens is 1. The van der Waals surface area contributed by atoms with Gasteiger partial charge in [0, 0.05) is 12.1 Å². The summed E-state index contributed by atoms with van der Waals surface area (Å²) in [4.78, 5) is 16.7. The largest absolute Gasteiger partial charge is 0.324 e. The maximum atomic E-state index is 12.5. The third kappa shape index (κ3) is 2.18. The Morgan fingerprint density at radius 2 is 2.10 bits per heavy atom. The molecule has 0 aliphatic heterocycles. The molecule has 2 aliphatic rings. The zero-order chi connectivity index (χ0) is 14.4. The highest BCUT2D eigenvalue weighted by Crippen LogP contribution is 2.60. The zero-order valence-corrected chi connectivity index (χ0v) is 13.0. The first kappa shape index (κ1) is 13.0. The summed E-state index contributed by atoms with van der Waals surface area (Å²) in [7, 11) is 0. The number of pyridine rings is 1. The third-order valence-electron chi connectivity index (χ3n) is 4.65. The molecule has 4 rings (SSSR count). The molecule has 2 aromatic rings. The van der Waals surface area contributed by atoms with Gasteiger partial charge in [-0.3, -0.25) is 4.79 Å². The second-order valence-corrected chi connectivity index (χ2v) is 6.54. The Bertz CT molecular complexity index is 715. The Balaban J connectivity index is 1.55. The first-order valence-corrected chi connectivity index (χ1v) is 8.04. The molecule has 1 fully saturated rings. The Kier molecular flexibility index (Phi) is 3.07. The number of nitrogens with zero attached hydrogens (tertiary/aromatic N) is 1. The van der Waals surface area contributed by atoms with Gasteiger partial charge in [0.05, 0.1) is 5.69 Å². The molecule has 21 heavy (non-hydrogen) atoms. The van der Waals surface area contributed by atoms with Crippen LogP contribution in [0.5, 0.6) is 0 Å². The molecule has 2 aliphatic carbocycles. The van der Waals surface area contributed by atoms with Gasteiger partial charge in [0.1, 0.15) is 4.60 Å². The Hall–Kier alpha value is -1.68. The van der Waals surface area contributed by atoms with Crippen LogP contribution in [0.15, 0.2) is 47.2 Å². The van der Waals surface area contributed by atoms with E-state index >= 15 is 0 Å². The van der Waals surface area contributed by atoms with Gasteiger partial charge in [0.2, 0.25) is 5.91 Å². The molecule has 0 saturated heterocycles. The van der Waals surface area contributed by atoms with Crippen LogP contribution in [-0.2, 0) is 11.2 Å². The number of aromatic nitrogens is 1. The van der Waals surface area contributed by atoms with Crippen molar-refractivity contribution in [3.8, 4) is 0 Å². The number of aryl methyl sites for hydroxylation is 1. The van der Waals surface area contributed by atoms with Crippen LogP contribution < -0.4 is 5.32 Å². The fourth-order valence-corrected chi connectivity index (χ4v) is 3.97. The van der Waals surface area contributed by atoms with E-state index in [1.807, 2.05) is 12.1 Å². The summed E-state index contributed by atoms with van der Waals surface area (Å²) in [5.74, 6) is 1.15. The zero-order valence-electron chi connectivity index (χ0n) is 11.4. The quantitative estimate of drug-likeness (QED) is 0.844. The van der Waals surface area contributed by atoms with Crippen LogP contribution in [0, 0.1) is 11.8 Å². The monoisotopic (exact) mass is 342 g/mol. The SMILES string of the molecule is O=C(Nc1cccnc1Br)C1C2CCc3ccccc3C21. The number of carbonyl (C=O) groups is 1. The summed E-state index contributed by atoms with van der Waals surface area (Å²) in [6, 6.07) is 12.2. The number of rotatable bonds is 2. The van der Waals surface area contributed by atoms with Crippen LogP contribution in [-0.4, -0.2) is 10.9 Å². The van der Waals surface area contributed by atoms with Crippen molar-refractivity contribution in [2.45, 2.75) is 18.8 Å². The van der Waals surface area contributed by atoms with Crippen LogP contribution in [0.3, 0.4) is 0 Å². The number of anilines is 1. The molecule has 4 heteroatoms. The number of amides is 1. The van der Waals surface area contributed by atoms with Crippen molar-refractivity contribution < 1.29 is 4.79 Å². The van der Waals surface area contributed by atoms with Crippen LogP contribution in [0.1, 0.15) is 23.5 Å². The molecule has 106 valence electrons. The van der Waals surface area contributed by atoms with E-state index in [2.05, 4.69) is 50.5 Å². The third-order valence-corrected chi connectivity index (χ3v) is 5.28. The molecule has 0 radical (unpaired) electrons. The lowest BCUT2D eigenvalue weighted by molar-refractivity contribution is -0.117. The van der Waals surface area contributed by atoms with Gasteiger partial charge < -0.3 is 5.32 Å². The van der Waals surface area contributed by atoms with Crippen molar-refractivity contribution in [3.63, 3.8) is 0 Å². The normalized spacial score (nSPS) is 25.7. The lowest BCUT2D eigenvalue weighted by Gasteiger charge is -2.13. The van der Waals surface area contributed by atoms with E-state index in [-0.39, 0.29) is 11.8 Å². The van der Waals surface area contributed by atoms with E-state index in [1.54, 1.807) is 6.20 Å².